The van der Waals surface area contributed by atoms with Crippen LogP contribution in [0.4, 0.5) is 15.3 Å². The normalized spacial score (nSPS) is 19.5. The zero-order valence-electron chi connectivity index (χ0n) is 19.1. The van der Waals surface area contributed by atoms with Crippen LogP contribution in [0.25, 0.3) is 0 Å². The highest BCUT2D eigenvalue weighted by Gasteiger charge is 2.53. The maximum Gasteiger partial charge on any atom is 0.278 e. The highest BCUT2D eigenvalue weighted by molar-refractivity contribution is 8.00. The molecule has 198 valence electrons. The molecule has 2 aliphatic rings. The van der Waals surface area contributed by atoms with Gasteiger partial charge in [-0.05, 0) is 0 Å². The van der Waals surface area contributed by atoms with Gasteiger partial charge in [0.1, 0.15) is 31.2 Å². The average molecular weight is 556 g/mol. The van der Waals surface area contributed by atoms with Gasteiger partial charge in [0.15, 0.2) is 23.7 Å². The van der Waals surface area contributed by atoms with E-state index in [0.717, 1.165) is 16.4 Å². The lowest BCUT2D eigenvalue weighted by Crippen LogP contribution is -2.71. The Bertz CT molecular complexity index is 1280. The van der Waals surface area contributed by atoms with Crippen molar-refractivity contribution in [3.8, 4) is 0 Å². The number of alkyl halides is 1. The first-order valence-corrected chi connectivity index (χ1v) is 12.6. The Hall–Kier alpha value is -3.77. The number of aliphatic hydroxyl groups is 1. The van der Waals surface area contributed by atoms with Crippen molar-refractivity contribution in [3.63, 3.8) is 0 Å². The van der Waals surface area contributed by atoms with Crippen LogP contribution in [-0.2, 0) is 32.3 Å². The minimum absolute atomic E-state index is 0.0516. The van der Waals surface area contributed by atoms with Crippen LogP contribution in [0.1, 0.15) is 5.82 Å². The van der Waals surface area contributed by atoms with E-state index in [-0.39, 0.29) is 42.1 Å². The molecule has 0 aromatic carbocycles. The number of carbonyl (C=O) groups excluding carboxylic acids is 3. The van der Waals surface area contributed by atoms with Crippen molar-refractivity contribution in [1.29, 1.82) is 0 Å². The number of β-lactam (4-membered cyclic amide) rings is 1. The van der Waals surface area contributed by atoms with Crippen LogP contribution in [0, 0.1) is 0 Å². The van der Waals surface area contributed by atoms with Crippen molar-refractivity contribution in [2.45, 2.75) is 24.5 Å². The molecule has 18 heteroatoms. The predicted octanol–water partition coefficient (Wildman–Crippen LogP) is -3.42. The SMILES string of the molecule is Nc1nc(C(=NOCCF)C(=O)N[C@@H]2C(=O)N3C(C(=O)[O-])=C(C[n+]4ccc(N)n4CCO)CS[C@H]23)ns1. The first-order valence-electron chi connectivity index (χ1n) is 10.8. The van der Waals surface area contributed by atoms with Crippen LogP contribution < -0.4 is 26.6 Å². The summed E-state index contributed by atoms with van der Waals surface area (Å²) in [7, 11) is 0. The van der Waals surface area contributed by atoms with Gasteiger partial charge >= 0.3 is 0 Å². The number of rotatable bonds is 11. The molecule has 0 bridgehead atoms. The summed E-state index contributed by atoms with van der Waals surface area (Å²) < 4.78 is 19.5. The van der Waals surface area contributed by atoms with Gasteiger partial charge in [-0.15, -0.1) is 21.1 Å². The molecule has 37 heavy (non-hydrogen) atoms. The quantitative estimate of drug-likeness (QED) is 0.0703. The topological polar surface area (TPSA) is 218 Å². The standard InChI is InChI=1S/C19H22FN9O6S2/c20-2-6-35-25-11(14-24-19(22)37-26-14)15(31)23-12-16(32)29-13(18(33)34)9(8-36-17(12)29)7-27-3-1-10(21)28(27)4-5-30/h1,3,12,17,21,30H,2,4-8H2,(H4,22,23,24,26,31,33,34)/t12-,17-/m1/s1. The molecule has 2 aromatic heterocycles. The summed E-state index contributed by atoms with van der Waals surface area (Å²) in [5.74, 6) is -2.68. The molecule has 6 N–H and O–H groups in total. The fourth-order valence-corrected chi connectivity index (χ4v) is 5.60. The molecular formula is C19H22FN9O6S2. The molecule has 2 aromatic rings. The van der Waals surface area contributed by atoms with E-state index in [1.54, 1.807) is 21.6 Å². The third kappa shape index (κ3) is 5.20. The van der Waals surface area contributed by atoms with E-state index in [1.807, 2.05) is 0 Å². The lowest BCUT2D eigenvalue weighted by Gasteiger charge is -2.50. The van der Waals surface area contributed by atoms with E-state index in [0.29, 0.717) is 11.4 Å². The van der Waals surface area contributed by atoms with Gasteiger partial charge in [0, 0.05) is 22.9 Å². The molecule has 0 radical (unpaired) electrons. The number of nitrogens with two attached hydrogens (primary N) is 2. The van der Waals surface area contributed by atoms with Crippen molar-refractivity contribution < 1.29 is 38.5 Å². The number of aromatic nitrogens is 4. The summed E-state index contributed by atoms with van der Waals surface area (Å²) in [5.41, 5.74) is 11.2. The summed E-state index contributed by atoms with van der Waals surface area (Å²) in [4.78, 5) is 47.6. The lowest BCUT2D eigenvalue weighted by atomic mass is 10.0. The molecule has 15 nitrogen and oxygen atoms in total. The maximum atomic E-state index is 13.0. The van der Waals surface area contributed by atoms with Gasteiger partial charge in [-0.25, -0.2) is 4.39 Å². The van der Waals surface area contributed by atoms with Crippen LogP contribution in [0.3, 0.4) is 0 Å². The zero-order valence-corrected chi connectivity index (χ0v) is 20.7. The van der Waals surface area contributed by atoms with Crippen LogP contribution in [0.2, 0.25) is 0 Å². The van der Waals surface area contributed by atoms with Gasteiger partial charge in [0.2, 0.25) is 11.5 Å². The summed E-state index contributed by atoms with van der Waals surface area (Å²) in [5, 5.41) is 26.7. The summed E-state index contributed by atoms with van der Waals surface area (Å²) >= 11 is 2.04. The first kappa shape index (κ1) is 26.3. The number of hydrogen-bond acceptors (Lipinski definition) is 13. The number of nitrogens with zero attached hydrogens (tertiary/aromatic N) is 6. The summed E-state index contributed by atoms with van der Waals surface area (Å²) in [6.45, 7) is -1.17. The predicted molar refractivity (Wildman–Crippen MR) is 126 cm³/mol. The lowest BCUT2D eigenvalue weighted by molar-refractivity contribution is -0.767. The Morgan fingerprint density at radius 1 is 1.43 bits per heavy atom. The molecule has 1 fully saturated rings. The number of hydrogen-bond donors (Lipinski definition) is 4. The van der Waals surface area contributed by atoms with Gasteiger partial charge in [0.25, 0.3) is 11.8 Å². The number of oxime groups is 1. The van der Waals surface area contributed by atoms with E-state index >= 15 is 0 Å². The third-order valence-electron chi connectivity index (χ3n) is 5.41. The first-order chi connectivity index (χ1) is 17.8. The number of anilines is 2. The summed E-state index contributed by atoms with van der Waals surface area (Å²) in [6, 6.07) is 0.521. The number of amides is 2. The highest BCUT2D eigenvalue weighted by atomic mass is 32.2. The highest BCUT2D eigenvalue weighted by Crippen LogP contribution is 2.40. The number of carboxylic acid groups (broad SMARTS) is 1. The van der Waals surface area contributed by atoms with Crippen molar-refractivity contribution in [2.24, 2.45) is 5.16 Å². The number of thioether (sulfide) groups is 1. The number of carboxylic acids is 1. The smallest absolute Gasteiger partial charge is 0.278 e. The zero-order chi connectivity index (χ0) is 26.7. The van der Waals surface area contributed by atoms with Crippen molar-refractivity contribution in [1.82, 2.24) is 24.3 Å². The molecule has 4 heterocycles. The molecule has 0 spiro atoms. The number of carbonyl (C=O) groups is 3. The Morgan fingerprint density at radius 2 is 2.22 bits per heavy atom. The number of nitrogen functional groups attached to an aromatic ring is 2. The Balaban J connectivity index is 1.53. The van der Waals surface area contributed by atoms with Gasteiger partial charge in [-0.3, -0.25) is 14.5 Å². The fraction of sp³-hybridized carbons (Fsp3) is 0.421. The largest absolute Gasteiger partial charge is 0.543 e. The molecule has 2 atom stereocenters. The van der Waals surface area contributed by atoms with Gasteiger partial charge in [-0.1, -0.05) is 5.16 Å². The molecule has 1 saturated heterocycles. The van der Waals surface area contributed by atoms with Crippen LogP contribution in [0.15, 0.2) is 28.7 Å². The number of aliphatic carboxylic acids is 1. The number of nitrogens with one attached hydrogen (secondary N) is 1. The van der Waals surface area contributed by atoms with Gasteiger partial charge in [0.05, 0.1) is 24.3 Å². The van der Waals surface area contributed by atoms with Crippen LogP contribution in [0.5, 0.6) is 0 Å². The minimum atomic E-state index is -1.55. The van der Waals surface area contributed by atoms with Gasteiger partial charge < -0.3 is 36.6 Å². The molecule has 0 aliphatic carbocycles. The molecule has 0 saturated carbocycles. The molecule has 2 amide bonds. The molecular weight excluding hydrogens is 533 g/mol. The third-order valence-corrected chi connectivity index (χ3v) is 7.29. The number of halogens is 1. The van der Waals surface area contributed by atoms with E-state index in [4.69, 9.17) is 16.3 Å². The van der Waals surface area contributed by atoms with E-state index in [9.17, 15) is 29.0 Å². The second-order valence-corrected chi connectivity index (χ2v) is 9.59. The molecule has 4 rings (SSSR count). The summed E-state index contributed by atoms with van der Waals surface area (Å²) in [6.07, 6.45) is 1.63. The Morgan fingerprint density at radius 3 is 2.86 bits per heavy atom. The van der Waals surface area contributed by atoms with Crippen LogP contribution in [-0.4, -0.2) is 84.6 Å². The van der Waals surface area contributed by atoms with Crippen molar-refractivity contribution in [3.05, 3.63) is 29.4 Å². The maximum absolute atomic E-state index is 13.0. The second kappa shape index (κ2) is 11.1. The molecule has 0 unspecified atom stereocenters. The Labute approximate surface area is 216 Å². The van der Waals surface area contributed by atoms with E-state index in [1.165, 1.54) is 11.8 Å². The van der Waals surface area contributed by atoms with Crippen LogP contribution >= 0.6 is 23.3 Å². The number of fused-ring (bicyclic) bond motifs is 1. The minimum Gasteiger partial charge on any atom is -0.543 e. The van der Waals surface area contributed by atoms with E-state index in [2.05, 4.69) is 19.8 Å². The monoisotopic (exact) mass is 555 g/mol. The fourth-order valence-electron chi connectivity index (χ4n) is 3.83. The molecule has 2 aliphatic heterocycles. The van der Waals surface area contributed by atoms with Gasteiger partial charge in [-0.2, -0.15) is 9.36 Å². The van der Waals surface area contributed by atoms with Crippen molar-refractivity contribution in [2.75, 3.05) is 37.1 Å². The average Bonchev–Trinajstić information content (AvgIpc) is 3.45. The van der Waals surface area contributed by atoms with E-state index < -0.39 is 48.2 Å². The Kier molecular flexibility index (Phi) is 7.89. The number of aliphatic hydroxyl groups excluding tert-OH is 1. The van der Waals surface area contributed by atoms with Crippen molar-refractivity contribution >= 4 is 57.7 Å². The second-order valence-electron chi connectivity index (χ2n) is 7.70.